The Bertz CT molecular complexity index is 937. The van der Waals surface area contributed by atoms with Crippen molar-refractivity contribution < 1.29 is 18.7 Å². The summed E-state index contributed by atoms with van der Waals surface area (Å²) in [6, 6.07) is 6.57. The zero-order valence-corrected chi connectivity index (χ0v) is 15.7. The van der Waals surface area contributed by atoms with E-state index >= 15 is 0 Å². The van der Waals surface area contributed by atoms with Crippen molar-refractivity contribution in [3.8, 4) is 0 Å². The SMILES string of the molecule is CCOC(=O)[C@H](C)NC(=O)CCc1nnc2ccc(NCc3ccco3)nn12. The molecule has 10 heteroatoms. The minimum Gasteiger partial charge on any atom is -0.467 e. The Balaban J connectivity index is 1.59. The number of aryl methyl sites for hydroxylation is 1. The van der Waals surface area contributed by atoms with Crippen LogP contribution in [0.5, 0.6) is 0 Å². The smallest absolute Gasteiger partial charge is 0.328 e. The molecule has 0 aromatic carbocycles. The quantitative estimate of drug-likeness (QED) is 0.528. The van der Waals surface area contributed by atoms with Gasteiger partial charge in [0.2, 0.25) is 5.91 Å². The van der Waals surface area contributed by atoms with Crippen molar-refractivity contribution in [3.05, 3.63) is 42.1 Å². The lowest BCUT2D eigenvalue weighted by Gasteiger charge is -2.12. The normalized spacial score (nSPS) is 11.9. The van der Waals surface area contributed by atoms with Crippen LogP contribution in [0.25, 0.3) is 5.65 Å². The number of hydrogen-bond acceptors (Lipinski definition) is 8. The number of ether oxygens (including phenoxy) is 1. The van der Waals surface area contributed by atoms with Crippen molar-refractivity contribution in [2.24, 2.45) is 0 Å². The molecule has 28 heavy (non-hydrogen) atoms. The van der Waals surface area contributed by atoms with Crippen molar-refractivity contribution >= 4 is 23.3 Å². The Labute approximate surface area is 161 Å². The van der Waals surface area contributed by atoms with Gasteiger partial charge in [-0.25, -0.2) is 4.79 Å². The molecule has 1 amide bonds. The molecule has 0 aliphatic carbocycles. The molecule has 1 atom stereocenters. The van der Waals surface area contributed by atoms with E-state index in [1.165, 1.54) is 0 Å². The first-order chi connectivity index (χ1) is 13.6. The first-order valence-electron chi connectivity index (χ1n) is 9.00. The molecule has 0 aliphatic heterocycles. The van der Waals surface area contributed by atoms with Gasteiger partial charge >= 0.3 is 5.97 Å². The zero-order valence-electron chi connectivity index (χ0n) is 15.7. The average Bonchev–Trinajstić information content (AvgIpc) is 3.34. The van der Waals surface area contributed by atoms with Gasteiger partial charge in [0.1, 0.15) is 17.6 Å². The summed E-state index contributed by atoms with van der Waals surface area (Å²) < 4.78 is 11.7. The molecule has 0 unspecified atom stereocenters. The number of fused-ring (bicyclic) bond motifs is 1. The lowest BCUT2D eigenvalue weighted by atomic mass is 10.2. The Morgan fingerprint density at radius 3 is 2.89 bits per heavy atom. The Kier molecular flexibility index (Phi) is 6.20. The Morgan fingerprint density at radius 2 is 2.14 bits per heavy atom. The van der Waals surface area contributed by atoms with Crippen LogP contribution in [0, 0.1) is 0 Å². The number of hydrogen-bond donors (Lipinski definition) is 2. The van der Waals surface area contributed by atoms with Crippen molar-refractivity contribution in [1.82, 2.24) is 25.1 Å². The summed E-state index contributed by atoms with van der Waals surface area (Å²) in [4.78, 5) is 23.7. The van der Waals surface area contributed by atoms with E-state index in [9.17, 15) is 9.59 Å². The first kappa shape index (κ1) is 19.3. The van der Waals surface area contributed by atoms with Crippen LogP contribution in [0.15, 0.2) is 34.9 Å². The molecule has 0 fully saturated rings. The van der Waals surface area contributed by atoms with Crippen LogP contribution >= 0.6 is 0 Å². The third-order valence-corrected chi connectivity index (χ3v) is 3.94. The third kappa shape index (κ3) is 4.84. The first-order valence-corrected chi connectivity index (χ1v) is 9.00. The highest BCUT2D eigenvalue weighted by atomic mass is 16.5. The van der Waals surface area contributed by atoms with Gasteiger partial charge in [-0.2, -0.15) is 4.52 Å². The standard InChI is InChI=1S/C18H22N6O4/c1-3-27-18(26)12(2)20-17(25)9-8-16-22-21-15-7-6-14(23-24(15)16)19-11-13-5-4-10-28-13/h4-7,10,12H,3,8-9,11H2,1-2H3,(H,19,23)(H,20,25)/t12-/m0/s1. The third-order valence-electron chi connectivity index (χ3n) is 3.94. The Hall–Kier alpha value is -3.43. The van der Waals surface area contributed by atoms with Crippen LogP contribution in [0.3, 0.4) is 0 Å². The van der Waals surface area contributed by atoms with Crippen LogP contribution in [0.4, 0.5) is 5.82 Å². The van der Waals surface area contributed by atoms with Gasteiger partial charge in [-0.15, -0.1) is 15.3 Å². The number of anilines is 1. The highest BCUT2D eigenvalue weighted by Crippen LogP contribution is 2.10. The second-order valence-electron chi connectivity index (χ2n) is 6.08. The van der Waals surface area contributed by atoms with Crippen molar-refractivity contribution in [3.63, 3.8) is 0 Å². The fourth-order valence-electron chi connectivity index (χ4n) is 2.54. The lowest BCUT2D eigenvalue weighted by Crippen LogP contribution is -2.39. The van der Waals surface area contributed by atoms with Crippen LogP contribution in [0.1, 0.15) is 31.9 Å². The number of furan rings is 1. The largest absolute Gasteiger partial charge is 0.467 e. The highest BCUT2D eigenvalue weighted by molar-refractivity contribution is 5.84. The van der Waals surface area contributed by atoms with E-state index < -0.39 is 12.0 Å². The fourth-order valence-corrected chi connectivity index (χ4v) is 2.54. The molecule has 2 N–H and O–H groups in total. The molecule has 3 rings (SSSR count). The second kappa shape index (κ2) is 8.98. The maximum absolute atomic E-state index is 12.1. The van der Waals surface area contributed by atoms with E-state index in [1.54, 1.807) is 36.8 Å². The molecule has 3 aromatic rings. The topological polar surface area (TPSA) is 124 Å². The van der Waals surface area contributed by atoms with E-state index in [4.69, 9.17) is 9.15 Å². The summed E-state index contributed by atoms with van der Waals surface area (Å²) in [7, 11) is 0. The van der Waals surface area contributed by atoms with Gasteiger partial charge < -0.3 is 19.8 Å². The van der Waals surface area contributed by atoms with E-state index in [0.717, 1.165) is 5.76 Å². The number of amides is 1. The summed E-state index contributed by atoms with van der Waals surface area (Å²) in [5.41, 5.74) is 0.582. The highest BCUT2D eigenvalue weighted by Gasteiger charge is 2.17. The molecule has 10 nitrogen and oxygen atoms in total. The molecule has 3 heterocycles. The fraction of sp³-hybridized carbons (Fsp3) is 0.389. The molecule has 0 saturated heterocycles. The molecular weight excluding hydrogens is 364 g/mol. The molecule has 0 spiro atoms. The number of nitrogens with zero attached hydrogens (tertiary/aromatic N) is 4. The minimum atomic E-state index is -0.696. The zero-order chi connectivity index (χ0) is 19.9. The summed E-state index contributed by atoms with van der Waals surface area (Å²) in [5.74, 6) is 1.24. The van der Waals surface area contributed by atoms with Crippen LogP contribution in [-0.2, 0) is 27.3 Å². The minimum absolute atomic E-state index is 0.149. The van der Waals surface area contributed by atoms with Crippen LogP contribution in [0.2, 0.25) is 0 Å². The number of esters is 1. The molecule has 0 radical (unpaired) electrons. The number of rotatable bonds is 9. The number of carbonyl (C=O) groups excluding carboxylic acids is 2. The van der Waals surface area contributed by atoms with Gasteiger partial charge in [0.05, 0.1) is 19.4 Å². The van der Waals surface area contributed by atoms with Crippen LogP contribution < -0.4 is 10.6 Å². The molecule has 0 saturated carbocycles. The molecule has 0 aliphatic rings. The molecule has 148 valence electrons. The van der Waals surface area contributed by atoms with Crippen molar-refractivity contribution in [2.45, 2.75) is 39.3 Å². The van der Waals surface area contributed by atoms with E-state index in [2.05, 4.69) is 25.9 Å². The summed E-state index contributed by atoms with van der Waals surface area (Å²) >= 11 is 0. The van der Waals surface area contributed by atoms with Crippen LogP contribution in [-0.4, -0.2) is 44.3 Å². The monoisotopic (exact) mass is 386 g/mol. The van der Waals surface area contributed by atoms with Crippen molar-refractivity contribution in [2.75, 3.05) is 11.9 Å². The van der Waals surface area contributed by atoms with Gasteiger partial charge in [0, 0.05) is 12.8 Å². The van der Waals surface area contributed by atoms with Crippen molar-refractivity contribution in [1.29, 1.82) is 0 Å². The second-order valence-corrected chi connectivity index (χ2v) is 6.08. The number of nitrogens with one attached hydrogen (secondary N) is 2. The van der Waals surface area contributed by atoms with E-state index in [0.29, 0.717) is 30.3 Å². The van der Waals surface area contributed by atoms with E-state index in [-0.39, 0.29) is 18.9 Å². The maximum Gasteiger partial charge on any atom is 0.328 e. The summed E-state index contributed by atoms with van der Waals surface area (Å²) in [6.07, 6.45) is 2.09. The van der Waals surface area contributed by atoms with Gasteiger partial charge in [0.25, 0.3) is 0 Å². The van der Waals surface area contributed by atoms with Gasteiger partial charge in [-0.1, -0.05) is 0 Å². The van der Waals surface area contributed by atoms with E-state index in [1.807, 2.05) is 12.1 Å². The predicted molar refractivity (Wildman–Crippen MR) is 99.4 cm³/mol. The van der Waals surface area contributed by atoms with Gasteiger partial charge in [-0.05, 0) is 38.1 Å². The van der Waals surface area contributed by atoms with Gasteiger partial charge in [0.15, 0.2) is 11.5 Å². The summed E-state index contributed by atoms with van der Waals surface area (Å²) in [6.45, 7) is 4.07. The predicted octanol–water partition coefficient (Wildman–Crippen LogP) is 1.33. The molecule has 3 aromatic heterocycles. The average molecular weight is 386 g/mol. The molecule has 0 bridgehead atoms. The maximum atomic E-state index is 12.1. The lowest BCUT2D eigenvalue weighted by molar-refractivity contribution is -0.146. The molecular formula is C18H22N6O4. The Morgan fingerprint density at radius 1 is 1.29 bits per heavy atom. The van der Waals surface area contributed by atoms with Gasteiger partial charge in [-0.3, -0.25) is 4.79 Å². The number of aromatic nitrogens is 4. The summed E-state index contributed by atoms with van der Waals surface area (Å²) in [5, 5.41) is 18.4. The number of carbonyl (C=O) groups is 2.